The second kappa shape index (κ2) is 4.07. The Morgan fingerprint density at radius 3 is 2.79 bits per heavy atom. The van der Waals surface area contributed by atoms with Crippen LogP contribution in [0.2, 0.25) is 5.02 Å². The highest BCUT2D eigenvalue weighted by Gasteiger charge is 2.19. The van der Waals surface area contributed by atoms with Crippen LogP contribution in [0.4, 0.5) is 4.39 Å². The molecule has 0 spiro atoms. The lowest BCUT2D eigenvalue weighted by atomic mass is 10.1. The predicted octanol–water partition coefficient (Wildman–Crippen LogP) is 2.14. The third-order valence-electron chi connectivity index (χ3n) is 1.60. The zero-order valence-electron chi connectivity index (χ0n) is 7.17. The van der Waals surface area contributed by atoms with Crippen molar-refractivity contribution in [2.75, 3.05) is 7.11 Å². The van der Waals surface area contributed by atoms with Gasteiger partial charge in [-0.05, 0) is 12.1 Å². The van der Waals surface area contributed by atoms with Gasteiger partial charge >= 0.3 is 5.97 Å². The van der Waals surface area contributed by atoms with E-state index in [9.17, 15) is 9.18 Å². The van der Waals surface area contributed by atoms with Gasteiger partial charge in [-0.2, -0.15) is 5.26 Å². The number of carbonyl (C=O) groups excluding carboxylic acids is 1. The monoisotopic (exact) mass is 213 g/mol. The Balaban J connectivity index is 3.42. The molecule has 1 aromatic rings. The van der Waals surface area contributed by atoms with Crippen LogP contribution in [0, 0.1) is 17.1 Å². The van der Waals surface area contributed by atoms with Crippen LogP contribution in [0.25, 0.3) is 0 Å². The van der Waals surface area contributed by atoms with Gasteiger partial charge in [0, 0.05) is 0 Å². The molecule has 0 N–H and O–H groups in total. The van der Waals surface area contributed by atoms with Crippen LogP contribution in [0.3, 0.4) is 0 Å². The third kappa shape index (κ3) is 1.68. The van der Waals surface area contributed by atoms with Crippen LogP contribution in [-0.4, -0.2) is 13.1 Å². The summed E-state index contributed by atoms with van der Waals surface area (Å²) in [5.74, 6) is -1.70. The zero-order chi connectivity index (χ0) is 10.7. The standard InChI is InChI=1S/C9H5ClFNO2/c1-14-9(13)7-6(11)3-2-5(4-12)8(7)10/h2-3H,1H3. The third-order valence-corrected chi connectivity index (χ3v) is 1.99. The molecule has 0 bridgehead atoms. The second-order valence-electron chi connectivity index (χ2n) is 2.39. The summed E-state index contributed by atoms with van der Waals surface area (Å²) in [7, 11) is 1.11. The number of nitriles is 1. The van der Waals surface area contributed by atoms with E-state index in [1.165, 1.54) is 6.07 Å². The Morgan fingerprint density at radius 1 is 1.64 bits per heavy atom. The van der Waals surface area contributed by atoms with Crippen LogP contribution >= 0.6 is 11.6 Å². The molecule has 0 atom stereocenters. The molecule has 1 aromatic carbocycles. The van der Waals surface area contributed by atoms with Crippen molar-refractivity contribution in [1.29, 1.82) is 5.26 Å². The van der Waals surface area contributed by atoms with Gasteiger partial charge in [0.2, 0.25) is 0 Å². The highest BCUT2D eigenvalue weighted by molar-refractivity contribution is 6.34. The van der Waals surface area contributed by atoms with Gasteiger partial charge < -0.3 is 4.74 Å². The molecule has 0 saturated carbocycles. The van der Waals surface area contributed by atoms with E-state index in [1.54, 1.807) is 6.07 Å². The van der Waals surface area contributed by atoms with Crippen LogP contribution in [0.5, 0.6) is 0 Å². The van der Waals surface area contributed by atoms with Crippen molar-refractivity contribution < 1.29 is 13.9 Å². The highest BCUT2D eigenvalue weighted by Crippen LogP contribution is 2.23. The molecule has 0 aliphatic heterocycles. The minimum absolute atomic E-state index is 0.0356. The molecule has 0 radical (unpaired) electrons. The van der Waals surface area contributed by atoms with Crippen molar-refractivity contribution in [1.82, 2.24) is 0 Å². The van der Waals surface area contributed by atoms with E-state index in [0.29, 0.717) is 0 Å². The molecule has 14 heavy (non-hydrogen) atoms. The van der Waals surface area contributed by atoms with Gasteiger partial charge in [0.15, 0.2) is 0 Å². The van der Waals surface area contributed by atoms with Gasteiger partial charge in [0.1, 0.15) is 17.4 Å². The van der Waals surface area contributed by atoms with Gasteiger partial charge in [0.05, 0.1) is 17.7 Å². The first-order chi connectivity index (χ1) is 6.61. The maximum absolute atomic E-state index is 13.1. The summed E-state index contributed by atoms with van der Waals surface area (Å²) in [5.41, 5.74) is -0.373. The fourth-order valence-corrected chi connectivity index (χ4v) is 1.20. The smallest absolute Gasteiger partial charge is 0.342 e. The number of nitrogens with zero attached hydrogens (tertiary/aromatic N) is 1. The van der Waals surface area contributed by atoms with E-state index in [1.807, 2.05) is 0 Å². The molecule has 0 fully saturated rings. The summed E-state index contributed by atoms with van der Waals surface area (Å²) in [6.45, 7) is 0. The summed E-state index contributed by atoms with van der Waals surface area (Å²) < 4.78 is 17.4. The number of rotatable bonds is 1. The first-order valence-corrected chi connectivity index (χ1v) is 3.96. The van der Waals surface area contributed by atoms with Gasteiger partial charge in [-0.3, -0.25) is 0 Å². The zero-order valence-corrected chi connectivity index (χ0v) is 7.93. The molecule has 0 saturated heterocycles. The molecule has 0 heterocycles. The van der Waals surface area contributed by atoms with E-state index < -0.39 is 17.3 Å². The molecule has 5 heteroatoms. The first-order valence-electron chi connectivity index (χ1n) is 3.58. The highest BCUT2D eigenvalue weighted by atomic mass is 35.5. The average molecular weight is 214 g/mol. The molecule has 0 aliphatic rings. The lowest BCUT2D eigenvalue weighted by Gasteiger charge is -2.04. The van der Waals surface area contributed by atoms with E-state index in [0.717, 1.165) is 13.2 Å². The van der Waals surface area contributed by atoms with Crippen LogP contribution in [-0.2, 0) is 4.74 Å². The number of halogens is 2. The van der Waals surface area contributed by atoms with Crippen LogP contribution in [0.15, 0.2) is 12.1 Å². The number of hydrogen-bond acceptors (Lipinski definition) is 3. The van der Waals surface area contributed by atoms with E-state index in [4.69, 9.17) is 16.9 Å². The first kappa shape index (κ1) is 10.5. The van der Waals surface area contributed by atoms with Gasteiger partial charge in [-0.1, -0.05) is 11.6 Å². The fourth-order valence-electron chi connectivity index (χ4n) is 0.928. The molecule has 72 valence electrons. The molecule has 1 rings (SSSR count). The van der Waals surface area contributed by atoms with Crippen molar-refractivity contribution in [3.63, 3.8) is 0 Å². The Hall–Kier alpha value is -1.60. The number of ether oxygens (including phenoxy) is 1. The van der Waals surface area contributed by atoms with Crippen molar-refractivity contribution >= 4 is 17.6 Å². The number of carbonyl (C=O) groups is 1. The van der Waals surface area contributed by atoms with Crippen LogP contribution in [0.1, 0.15) is 15.9 Å². The van der Waals surface area contributed by atoms with E-state index in [2.05, 4.69) is 4.74 Å². The number of methoxy groups -OCH3 is 1. The second-order valence-corrected chi connectivity index (χ2v) is 2.77. The molecular weight excluding hydrogens is 209 g/mol. The minimum Gasteiger partial charge on any atom is -0.465 e. The molecule has 0 amide bonds. The maximum Gasteiger partial charge on any atom is 0.342 e. The molecule has 0 unspecified atom stereocenters. The number of benzene rings is 1. The normalized spacial score (nSPS) is 9.29. The number of hydrogen-bond donors (Lipinski definition) is 0. The van der Waals surface area contributed by atoms with Crippen LogP contribution < -0.4 is 0 Å². The summed E-state index contributed by atoms with van der Waals surface area (Å²) in [5, 5.41) is 8.36. The van der Waals surface area contributed by atoms with E-state index >= 15 is 0 Å². The minimum atomic E-state index is -0.899. The van der Waals surface area contributed by atoms with Crippen molar-refractivity contribution in [3.05, 3.63) is 34.1 Å². The number of esters is 1. The Morgan fingerprint density at radius 2 is 2.29 bits per heavy atom. The molecule has 3 nitrogen and oxygen atoms in total. The molecule has 0 aromatic heterocycles. The summed E-state index contributed by atoms with van der Waals surface area (Å²) in [4.78, 5) is 11.1. The Labute approximate surface area is 84.7 Å². The average Bonchev–Trinajstić information content (AvgIpc) is 2.18. The van der Waals surface area contributed by atoms with Crippen molar-refractivity contribution in [2.24, 2.45) is 0 Å². The quantitative estimate of drug-likeness (QED) is 0.672. The van der Waals surface area contributed by atoms with Gasteiger partial charge in [-0.15, -0.1) is 0 Å². The lowest BCUT2D eigenvalue weighted by Crippen LogP contribution is -2.06. The van der Waals surface area contributed by atoms with Crippen molar-refractivity contribution in [3.8, 4) is 6.07 Å². The van der Waals surface area contributed by atoms with E-state index in [-0.39, 0.29) is 10.6 Å². The summed E-state index contributed by atoms with van der Waals surface area (Å²) in [6.07, 6.45) is 0. The fraction of sp³-hybridized carbons (Fsp3) is 0.111. The maximum atomic E-state index is 13.1. The predicted molar refractivity (Wildman–Crippen MR) is 47.5 cm³/mol. The summed E-state index contributed by atoms with van der Waals surface area (Å²) in [6, 6.07) is 3.93. The Bertz CT molecular complexity index is 426. The topological polar surface area (TPSA) is 50.1 Å². The lowest BCUT2D eigenvalue weighted by molar-refractivity contribution is 0.0595. The Kier molecular flexibility index (Phi) is 3.05. The van der Waals surface area contributed by atoms with Crippen molar-refractivity contribution in [2.45, 2.75) is 0 Å². The largest absolute Gasteiger partial charge is 0.465 e. The SMILES string of the molecule is COC(=O)c1c(F)ccc(C#N)c1Cl. The van der Waals surface area contributed by atoms with Gasteiger partial charge in [-0.25, -0.2) is 9.18 Å². The molecule has 0 aliphatic carbocycles. The van der Waals surface area contributed by atoms with Gasteiger partial charge in [0.25, 0.3) is 0 Å². The molecular formula is C9H5ClFNO2. The summed E-state index contributed by atoms with van der Waals surface area (Å²) >= 11 is 5.62.